The Morgan fingerprint density at radius 3 is 2.74 bits per heavy atom. The number of amides is 1. The van der Waals surface area contributed by atoms with Crippen molar-refractivity contribution in [2.24, 2.45) is 5.92 Å². The van der Waals surface area contributed by atoms with Crippen LogP contribution in [0.15, 0.2) is 22.7 Å². The van der Waals surface area contributed by atoms with Gasteiger partial charge in [0.05, 0.1) is 10.5 Å². The van der Waals surface area contributed by atoms with Gasteiger partial charge in [-0.05, 0) is 40.8 Å². The summed E-state index contributed by atoms with van der Waals surface area (Å²) >= 11 is 3.16. The summed E-state index contributed by atoms with van der Waals surface area (Å²) in [5.41, 5.74) is 0.263. The molecule has 1 saturated carbocycles. The lowest BCUT2D eigenvalue weighted by Gasteiger charge is -2.30. The molecule has 19 heavy (non-hydrogen) atoms. The highest BCUT2D eigenvalue weighted by Gasteiger charge is 2.25. The van der Waals surface area contributed by atoms with Gasteiger partial charge < -0.3 is 4.90 Å². The van der Waals surface area contributed by atoms with Gasteiger partial charge in [0.25, 0.3) is 11.6 Å². The molecule has 0 unspecified atom stereocenters. The van der Waals surface area contributed by atoms with Crippen molar-refractivity contribution in [1.82, 2.24) is 4.90 Å². The van der Waals surface area contributed by atoms with Crippen LogP contribution < -0.4 is 0 Å². The number of carbonyl (C=O) groups is 1. The third-order valence-electron chi connectivity index (χ3n) is 3.51. The molecule has 0 aromatic heterocycles. The van der Waals surface area contributed by atoms with Crippen LogP contribution in [-0.4, -0.2) is 29.3 Å². The van der Waals surface area contributed by atoms with Gasteiger partial charge in [-0.3, -0.25) is 14.9 Å². The Morgan fingerprint density at radius 2 is 2.21 bits per heavy atom. The first kappa shape index (κ1) is 14.0. The Morgan fingerprint density at radius 1 is 1.53 bits per heavy atom. The highest BCUT2D eigenvalue weighted by Crippen LogP contribution is 2.30. The van der Waals surface area contributed by atoms with Gasteiger partial charge in [0.1, 0.15) is 4.47 Å². The van der Waals surface area contributed by atoms with Crippen LogP contribution in [0, 0.1) is 16.0 Å². The molecule has 5 nitrogen and oxygen atoms in total. The van der Waals surface area contributed by atoms with E-state index in [1.807, 2.05) is 0 Å². The molecule has 1 aliphatic carbocycles. The third-order valence-corrected chi connectivity index (χ3v) is 4.34. The number of carbonyl (C=O) groups excluding carboxylic acids is 1. The number of nitro groups is 1. The second-order valence-corrected chi connectivity index (χ2v) is 5.67. The van der Waals surface area contributed by atoms with Gasteiger partial charge in [0.2, 0.25) is 0 Å². The second-order valence-electron chi connectivity index (χ2n) is 4.88. The molecule has 1 amide bonds. The van der Waals surface area contributed by atoms with Crippen molar-refractivity contribution >= 4 is 27.5 Å². The summed E-state index contributed by atoms with van der Waals surface area (Å²) in [6.07, 6.45) is 3.55. The van der Waals surface area contributed by atoms with Crippen LogP contribution in [0.2, 0.25) is 0 Å². The fraction of sp³-hybridized carbons (Fsp3) is 0.462. The van der Waals surface area contributed by atoms with Gasteiger partial charge in [-0.1, -0.05) is 12.5 Å². The molecule has 102 valence electrons. The van der Waals surface area contributed by atoms with Gasteiger partial charge >= 0.3 is 0 Å². The van der Waals surface area contributed by atoms with Gasteiger partial charge in [0, 0.05) is 19.7 Å². The average Bonchev–Trinajstić information content (AvgIpc) is 2.32. The Bertz CT molecular complexity index is 515. The lowest BCUT2D eigenvalue weighted by molar-refractivity contribution is -0.385. The summed E-state index contributed by atoms with van der Waals surface area (Å²) in [5, 5.41) is 10.9. The molecular weight excluding hydrogens is 312 g/mol. The van der Waals surface area contributed by atoms with Crippen molar-refractivity contribution in [3.8, 4) is 0 Å². The molecule has 0 radical (unpaired) electrons. The lowest BCUT2D eigenvalue weighted by Crippen LogP contribution is -2.34. The summed E-state index contributed by atoms with van der Waals surface area (Å²) < 4.78 is 0.255. The lowest BCUT2D eigenvalue weighted by atomic mass is 9.85. The van der Waals surface area contributed by atoms with E-state index in [1.165, 1.54) is 18.6 Å². The summed E-state index contributed by atoms with van der Waals surface area (Å²) in [6.45, 7) is 0.716. The zero-order chi connectivity index (χ0) is 14.0. The first-order valence-electron chi connectivity index (χ1n) is 6.19. The van der Waals surface area contributed by atoms with E-state index in [0.717, 1.165) is 12.8 Å². The highest BCUT2D eigenvalue weighted by molar-refractivity contribution is 9.10. The average molecular weight is 327 g/mol. The zero-order valence-electron chi connectivity index (χ0n) is 10.6. The zero-order valence-corrected chi connectivity index (χ0v) is 12.2. The molecule has 0 N–H and O–H groups in total. The van der Waals surface area contributed by atoms with Crippen molar-refractivity contribution in [2.75, 3.05) is 13.6 Å². The second kappa shape index (κ2) is 5.69. The molecule has 0 saturated heterocycles. The number of benzene rings is 1. The fourth-order valence-electron chi connectivity index (χ4n) is 2.18. The SMILES string of the molecule is CN(CC1CCC1)C(=O)c1cccc([N+](=O)[O-])c1Br. The fourth-order valence-corrected chi connectivity index (χ4v) is 2.76. The Balaban J connectivity index is 2.18. The van der Waals surface area contributed by atoms with Crippen LogP contribution in [0.1, 0.15) is 29.6 Å². The van der Waals surface area contributed by atoms with Crippen molar-refractivity contribution in [3.63, 3.8) is 0 Å². The predicted molar refractivity (Wildman–Crippen MR) is 75.1 cm³/mol. The normalized spacial score (nSPS) is 14.8. The quantitative estimate of drug-likeness (QED) is 0.630. The molecule has 1 aromatic carbocycles. The largest absolute Gasteiger partial charge is 0.341 e. The number of nitro benzene ring substituents is 1. The van der Waals surface area contributed by atoms with E-state index in [-0.39, 0.29) is 16.1 Å². The highest BCUT2D eigenvalue weighted by atomic mass is 79.9. The van der Waals surface area contributed by atoms with Crippen LogP contribution in [0.4, 0.5) is 5.69 Å². The molecule has 6 heteroatoms. The van der Waals surface area contributed by atoms with Gasteiger partial charge in [-0.25, -0.2) is 0 Å². The first-order chi connectivity index (χ1) is 9.00. The Hall–Kier alpha value is -1.43. The number of hydrogen-bond donors (Lipinski definition) is 0. The molecule has 0 spiro atoms. The Kier molecular flexibility index (Phi) is 4.19. The van der Waals surface area contributed by atoms with E-state index in [0.29, 0.717) is 18.0 Å². The molecule has 0 aliphatic heterocycles. The summed E-state index contributed by atoms with van der Waals surface area (Å²) in [5.74, 6) is 0.397. The van der Waals surface area contributed by atoms with E-state index in [4.69, 9.17) is 0 Å². The monoisotopic (exact) mass is 326 g/mol. The maximum Gasteiger partial charge on any atom is 0.284 e. The van der Waals surface area contributed by atoms with Crippen molar-refractivity contribution in [1.29, 1.82) is 0 Å². The maximum atomic E-state index is 12.3. The van der Waals surface area contributed by atoms with Crippen molar-refractivity contribution < 1.29 is 9.72 Å². The van der Waals surface area contributed by atoms with E-state index >= 15 is 0 Å². The van der Waals surface area contributed by atoms with Gasteiger partial charge in [0.15, 0.2) is 0 Å². The summed E-state index contributed by atoms with van der Waals surface area (Å²) in [7, 11) is 1.74. The van der Waals surface area contributed by atoms with E-state index < -0.39 is 4.92 Å². The molecule has 0 bridgehead atoms. The Labute approximate surface area is 119 Å². The van der Waals surface area contributed by atoms with Crippen LogP contribution in [-0.2, 0) is 0 Å². The van der Waals surface area contributed by atoms with Crippen molar-refractivity contribution in [2.45, 2.75) is 19.3 Å². The number of halogens is 1. The molecule has 1 aromatic rings. The van der Waals surface area contributed by atoms with Crippen LogP contribution >= 0.6 is 15.9 Å². The van der Waals surface area contributed by atoms with E-state index in [9.17, 15) is 14.9 Å². The van der Waals surface area contributed by atoms with Crippen molar-refractivity contribution in [3.05, 3.63) is 38.3 Å². The van der Waals surface area contributed by atoms with Crippen LogP contribution in [0.5, 0.6) is 0 Å². The smallest absolute Gasteiger partial charge is 0.284 e. The topological polar surface area (TPSA) is 63.5 Å². The molecular formula is C13H15BrN2O3. The molecule has 2 rings (SSSR count). The van der Waals surface area contributed by atoms with E-state index in [1.54, 1.807) is 18.0 Å². The van der Waals surface area contributed by atoms with Gasteiger partial charge in [-0.15, -0.1) is 0 Å². The minimum atomic E-state index is -0.493. The molecule has 0 heterocycles. The minimum Gasteiger partial charge on any atom is -0.341 e. The summed E-state index contributed by atoms with van der Waals surface area (Å²) in [6, 6.07) is 4.52. The maximum absolute atomic E-state index is 12.3. The van der Waals surface area contributed by atoms with Gasteiger partial charge in [-0.2, -0.15) is 0 Å². The first-order valence-corrected chi connectivity index (χ1v) is 6.98. The standard InChI is InChI=1S/C13H15BrN2O3/c1-15(8-9-4-2-5-9)13(17)10-6-3-7-11(12(10)14)16(18)19/h3,6-7,9H,2,4-5,8H2,1H3. The number of hydrogen-bond acceptors (Lipinski definition) is 3. The van der Waals surface area contributed by atoms with Crippen LogP contribution in [0.3, 0.4) is 0 Å². The third kappa shape index (κ3) is 2.94. The molecule has 1 aliphatic rings. The molecule has 0 atom stereocenters. The number of rotatable bonds is 4. The van der Waals surface area contributed by atoms with Crippen LogP contribution in [0.25, 0.3) is 0 Å². The minimum absolute atomic E-state index is 0.0807. The van der Waals surface area contributed by atoms with E-state index in [2.05, 4.69) is 15.9 Å². The predicted octanol–water partition coefficient (Wildman–Crippen LogP) is 3.23. The summed E-state index contributed by atoms with van der Waals surface area (Å²) in [4.78, 5) is 24.3. The molecule has 1 fully saturated rings. The number of nitrogens with zero attached hydrogens (tertiary/aromatic N) is 2.